The highest BCUT2D eigenvalue weighted by atomic mass is 19.1. The molecule has 0 aliphatic carbocycles. The smallest absolute Gasteiger partial charge is 0.251 e. The molecule has 0 unspecified atom stereocenters. The van der Waals surface area contributed by atoms with Gasteiger partial charge in [-0.25, -0.2) is 4.39 Å². The van der Waals surface area contributed by atoms with Crippen molar-refractivity contribution in [2.45, 2.75) is 12.2 Å². The molecule has 0 radical (unpaired) electrons. The lowest BCUT2D eigenvalue weighted by molar-refractivity contribution is 0.0197. The van der Waals surface area contributed by atoms with E-state index in [2.05, 4.69) is 5.32 Å². The average molecular weight is 574 g/mol. The standard InChI is InChI=1S/C32H28FNO8/c1-39-27-14-21(15-28(40-2)30(27)37)31-29(17-34-32(38)20-6-8-22(33)9-7-20)41-25-10-5-18(13-26(25)42-31)3-4-19-11-23(35)16-24(36)12-19/h3-16,29,31,35-37H,17H2,1-2H3,(H,34,38)/b4-3+/t29-,31-/m0/s1. The minimum atomic E-state index is -0.767. The molecule has 4 aromatic rings. The number of fused-ring (bicyclic) bond motifs is 1. The lowest BCUT2D eigenvalue weighted by Crippen LogP contribution is -2.43. The quantitative estimate of drug-likeness (QED) is 0.205. The number of nitrogens with one attached hydrogen (secondary N) is 1. The van der Waals surface area contributed by atoms with Gasteiger partial charge in [-0.05, 0) is 71.8 Å². The first-order valence-corrected chi connectivity index (χ1v) is 12.9. The summed E-state index contributed by atoms with van der Waals surface area (Å²) in [4.78, 5) is 12.8. The van der Waals surface area contributed by atoms with Crippen LogP contribution in [0.2, 0.25) is 0 Å². The second-order valence-corrected chi connectivity index (χ2v) is 9.51. The third-order valence-electron chi connectivity index (χ3n) is 6.63. The summed E-state index contributed by atoms with van der Waals surface area (Å²) in [7, 11) is 2.83. The number of methoxy groups -OCH3 is 2. The molecule has 2 atom stereocenters. The molecule has 1 heterocycles. The Bertz CT molecular complexity index is 1590. The Morgan fingerprint density at radius 3 is 2.12 bits per heavy atom. The number of rotatable bonds is 8. The molecule has 10 heteroatoms. The van der Waals surface area contributed by atoms with E-state index in [1.165, 1.54) is 56.7 Å². The van der Waals surface area contributed by atoms with Gasteiger partial charge in [-0.1, -0.05) is 18.2 Å². The van der Waals surface area contributed by atoms with Gasteiger partial charge in [0.2, 0.25) is 5.75 Å². The van der Waals surface area contributed by atoms with Gasteiger partial charge in [-0.15, -0.1) is 0 Å². The van der Waals surface area contributed by atoms with E-state index >= 15 is 0 Å². The summed E-state index contributed by atoms with van der Waals surface area (Å²) < 4.78 is 36.7. The molecule has 1 aliphatic rings. The van der Waals surface area contributed by atoms with Crippen molar-refractivity contribution in [1.29, 1.82) is 0 Å². The first-order chi connectivity index (χ1) is 20.2. The van der Waals surface area contributed by atoms with E-state index in [9.17, 15) is 24.5 Å². The number of carbonyl (C=O) groups excluding carboxylic acids is 1. The van der Waals surface area contributed by atoms with Crippen LogP contribution in [0.25, 0.3) is 12.2 Å². The third-order valence-corrected chi connectivity index (χ3v) is 6.63. The number of hydrogen-bond donors (Lipinski definition) is 4. The molecule has 0 bridgehead atoms. The van der Waals surface area contributed by atoms with Gasteiger partial charge in [-0.3, -0.25) is 4.79 Å². The molecule has 0 fully saturated rings. The number of hydrogen-bond acceptors (Lipinski definition) is 8. The first kappa shape index (κ1) is 28.2. The summed E-state index contributed by atoms with van der Waals surface area (Å²) in [5.41, 5.74) is 2.20. The molecule has 0 saturated heterocycles. The lowest BCUT2D eigenvalue weighted by atomic mass is 10.0. The minimum Gasteiger partial charge on any atom is -0.508 e. The Balaban J connectivity index is 1.45. The van der Waals surface area contributed by atoms with Crippen LogP contribution >= 0.6 is 0 Å². The Morgan fingerprint density at radius 1 is 0.833 bits per heavy atom. The Morgan fingerprint density at radius 2 is 1.48 bits per heavy atom. The van der Waals surface area contributed by atoms with Crippen molar-refractivity contribution in [2.24, 2.45) is 0 Å². The molecule has 5 rings (SSSR count). The highest BCUT2D eigenvalue weighted by Crippen LogP contribution is 2.44. The number of aromatic hydroxyl groups is 3. The molecule has 0 spiro atoms. The molecule has 4 N–H and O–H groups in total. The summed E-state index contributed by atoms with van der Waals surface area (Å²) in [6.07, 6.45) is 2.04. The molecule has 1 aliphatic heterocycles. The second-order valence-electron chi connectivity index (χ2n) is 9.51. The average Bonchev–Trinajstić information content (AvgIpc) is 2.98. The van der Waals surface area contributed by atoms with Crippen LogP contribution in [0.4, 0.5) is 4.39 Å². The van der Waals surface area contributed by atoms with Gasteiger partial charge < -0.3 is 39.6 Å². The second kappa shape index (κ2) is 12.0. The van der Waals surface area contributed by atoms with Crippen molar-refractivity contribution in [3.8, 4) is 40.2 Å². The normalized spacial score (nSPS) is 15.8. The highest BCUT2D eigenvalue weighted by Gasteiger charge is 2.35. The number of ether oxygens (including phenoxy) is 4. The molecule has 0 saturated carbocycles. The fourth-order valence-corrected chi connectivity index (χ4v) is 4.57. The van der Waals surface area contributed by atoms with Crippen molar-refractivity contribution in [2.75, 3.05) is 20.8 Å². The van der Waals surface area contributed by atoms with Crippen molar-refractivity contribution >= 4 is 18.1 Å². The lowest BCUT2D eigenvalue weighted by Gasteiger charge is -2.35. The van der Waals surface area contributed by atoms with Crippen LogP contribution in [0.15, 0.2) is 72.8 Å². The number of phenols is 3. The zero-order valence-electron chi connectivity index (χ0n) is 22.7. The SMILES string of the molecule is COc1cc([C@@H]2Oc3cc(/C=C/c4cc(O)cc(O)c4)ccc3O[C@H]2CNC(=O)c2ccc(F)cc2)cc(OC)c1O. The molecule has 4 aromatic carbocycles. The number of carbonyl (C=O) groups is 1. The van der Waals surface area contributed by atoms with Crippen LogP contribution in [0, 0.1) is 5.82 Å². The zero-order chi connectivity index (χ0) is 29.8. The molecule has 9 nitrogen and oxygen atoms in total. The Hall–Kier alpha value is -5.38. The van der Waals surface area contributed by atoms with Gasteiger partial charge in [0.1, 0.15) is 17.3 Å². The highest BCUT2D eigenvalue weighted by molar-refractivity contribution is 5.94. The summed E-state index contributed by atoms with van der Waals surface area (Å²) in [5.74, 6) is 0.0450. The van der Waals surface area contributed by atoms with Gasteiger partial charge in [0.05, 0.1) is 20.8 Å². The van der Waals surface area contributed by atoms with Crippen molar-refractivity contribution in [1.82, 2.24) is 5.32 Å². The molecular formula is C32H28FNO8. The van der Waals surface area contributed by atoms with E-state index in [4.69, 9.17) is 18.9 Å². The fraction of sp³-hybridized carbons (Fsp3) is 0.156. The largest absolute Gasteiger partial charge is 0.508 e. The van der Waals surface area contributed by atoms with Crippen LogP contribution < -0.4 is 24.3 Å². The maximum absolute atomic E-state index is 13.3. The van der Waals surface area contributed by atoms with Crippen molar-refractivity contribution in [3.05, 3.63) is 101 Å². The number of amides is 1. The molecule has 1 amide bonds. The van der Waals surface area contributed by atoms with Crippen molar-refractivity contribution < 1.29 is 43.5 Å². The van der Waals surface area contributed by atoms with Gasteiger partial charge >= 0.3 is 0 Å². The van der Waals surface area contributed by atoms with Crippen molar-refractivity contribution in [3.63, 3.8) is 0 Å². The molecule has 42 heavy (non-hydrogen) atoms. The topological polar surface area (TPSA) is 127 Å². The van der Waals surface area contributed by atoms with Gasteiger partial charge in [0.15, 0.2) is 35.2 Å². The zero-order valence-corrected chi connectivity index (χ0v) is 22.7. The van der Waals surface area contributed by atoms with E-state index in [0.29, 0.717) is 22.6 Å². The predicted molar refractivity (Wildman–Crippen MR) is 153 cm³/mol. The van der Waals surface area contributed by atoms with Crippen LogP contribution in [-0.2, 0) is 0 Å². The van der Waals surface area contributed by atoms with Crippen LogP contribution in [-0.4, -0.2) is 48.1 Å². The van der Waals surface area contributed by atoms with Crippen LogP contribution in [0.1, 0.15) is 33.2 Å². The summed E-state index contributed by atoms with van der Waals surface area (Å²) in [6, 6.07) is 18.0. The summed E-state index contributed by atoms with van der Waals surface area (Å²) in [6.45, 7) is 0.0362. The molecule has 216 valence electrons. The van der Waals surface area contributed by atoms with Gasteiger partial charge in [-0.2, -0.15) is 0 Å². The Labute approximate surface area is 241 Å². The monoisotopic (exact) mass is 573 g/mol. The van der Waals surface area contributed by atoms with Gasteiger partial charge in [0, 0.05) is 17.2 Å². The van der Waals surface area contributed by atoms with E-state index in [-0.39, 0.29) is 40.9 Å². The number of halogens is 1. The molecular weight excluding hydrogens is 545 g/mol. The maximum Gasteiger partial charge on any atom is 0.251 e. The third kappa shape index (κ3) is 6.17. The summed E-state index contributed by atoms with van der Waals surface area (Å²) >= 11 is 0. The first-order valence-electron chi connectivity index (χ1n) is 12.9. The minimum absolute atomic E-state index is 0.0362. The number of phenolic OH excluding ortho intramolecular Hbond substituents is 3. The van der Waals surface area contributed by atoms with Crippen LogP contribution in [0.5, 0.6) is 40.2 Å². The Kier molecular flexibility index (Phi) is 8.05. The fourth-order valence-electron chi connectivity index (χ4n) is 4.57. The summed E-state index contributed by atoms with van der Waals surface area (Å²) in [5, 5.41) is 32.8. The van der Waals surface area contributed by atoms with E-state index in [0.717, 1.165) is 5.56 Å². The van der Waals surface area contributed by atoms with E-state index in [1.807, 2.05) is 6.07 Å². The van der Waals surface area contributed by atoms with Gasteiger partial charge in [0.25, 0.3) is 5.91 Å². The van der Waals surface area contributed by atoms with E-state index < -0.39 is 23.9 Å². The predicted octanol–water partition coefficient (Wildman–Crippen LogP) is 5.44. The maximum atomic E-state index is 13.3. The molecule has 0 aromatic heterocycles. The number of benzene rings is 4. The van der Waals surface area contributed by atoms with E-state index in [1.54, 1.807) is 36.4 Å². The van der Waals surface area contributed by atoms with Crippen LogP contribution in [0.3, 0.4) is 0 Å².